The molecule has 0 bridgehead atoms. The minimum atomic E-state index is 0.0135. The third-order valence-electron chi connectivity index (χ3n) is 5.50. The molecule has 1 aliphatic rings. The minimum Gasteiger partial charge on any atom is -0.497 e. The first kappa shape index (κ1) is 19.8. The number of ether oxygens (including phenoxy) is 1. The fraction of sp³-hybridized carbons (Fsp3) is 0.192. The summed E-state index contributed by atoms with van der Waals surface area (Å²) in [6.07, 6.45) is 4.97. The van der Waals surface area contributed by atoms with Crippen LogP contribution in [0.4, 0.5) is 5.69 Å². The van der Waals surface area contributed by atoms with Gasteiger partial charge in [0.2, 0.25) is 0 Å². The molecule has 1 amide bonds. The lowest BCUT2D eigenvalue weighted by Crippen LogP contribution is -2.33. The molecule has 3 aromatic carbocycles. The van der Waals surface area contributed by atoms with Crippen LogP contribution in [0.1, 0.15) is 28.4 Å². The summed E-state index contributed by atoms with van der Waals surface area (Å²) in [7, 11) is 1.62. The zero-order valence-corrected chi connectivity index (χ0v) is 17.1. The van der Waals surface area contributed by atoms with Gasteiger partial charge in [0.1, 0.15) is 5.75 Å². The summed E-state index contributed by atoms with van der Waals surface area (Å²) >= 11 is 0. The van der Waals surface area contributed by atoms with Crippen LogP contribution in [0.2, 0.25) is 0 Å². The second kappa shape index (κ2) is 9.31. The summed E-state index contributed by atoms with van der Waals surface area (Å²) in [5.74, 6) is 1.05. The maximum Gasteiger partial charge on any atom is 0.257 e. The van der Waals surface area contributed by atoms with E-state index in [1.165, 1.54) is 5.56 Å². The molecule has 3 aromatic rings. The summed E-state index contributed by atoms with van der Waals surface area (Å²) in [6, 6.07) is 28.2. The molecule has 152 valence electrons. The first-order chi connectivity index (χ1) is 14.7. The van der Waals surface area contributed by atoms with E-state index in [-0.39, 0.29) is 17.9 Å². The number of rotatable bonds is 6. The molecule has 1 heterocycles. The molecule has 0 radical (unpaired) electrons. The maximum absolute atomic E-state index is 12.9. The van der Waals surface area contributed by atoms with E-state index in [2.05, 4.69) is 47.8 Å². The van der Waals surface area contributed by atoms with Crippen LogP contribution in [0.3, 0.4) is 0 Å². The Morgan fingerprint density at radius 2 is 1.63 bits per heavy atom. The minimum absolute atomic E-state index is 0.0135. The summed E-state index contributed by atoms with van der Waals surface area (Å²) in [5.41, 5.74) is 3.00. The van der Waals surface area contributed by atoms with Gasteiger partial charge >= 0.3 is 0 Å². The highest BCUT2D eigenvalue weighted by molar-refractivity contribution is 5.95. The first-order valence-electron chi connectivity index (χ1n) is 10.2. The number of nitrogens with one attached hydrogen (secondary N) is 1. The Labute approximate surface area is 177 Å². The Kier molecular flexibility index (Phi) is 6.14. The van der Waals surface area contributed by atoms with Crippen LogP contribution in [-0.2, 0) is 0 Å². The Balaban J connectivity index is 1.51. The van der Waals surface area contributed by atoms with E-state index in [1.807, 2.05) is 54.7 Å². The van der Waals surface area contributed by atoms with Crippen molar-refractivity contribution in [3.8, 4) is 5.75 Å². The van der Waals surface area contributed by atoms with E-state index in [4.69, 9.17) is 4.74 Å². The number of amides is 1. The monoisotopic (exact) mass is 398 g/mol. The van der Waals surface area contributed by atoms with Crippen LogP contribution in [0.25, 0.3) is 0 Å². The van der Waals surface area contributed by atoms with Crippen LogP contribution in [0.5, 0.6) is 5.75 Å². The molecule has 4 nitrogen and oxygen atoms in total. The molecule has 0 aromatic heterocycles. The smallest absolute Gasteiger partial charge is 0.257 e. The fourth-order valence-corrected chi connectivity index (χ4v) is 3.83. The number of hydrogen-bond acceptors (Lipinski definition) is 3. The number of hydrogen-bond donors (Lipinski definition) is 1. The summed E-state index contributed by atoms with van der Waals surface area (Å²) in [4.78, 5) is 14.6. The zero-order chi connectivity index (χ0) is 20.8. The Bertz CT molecular complexity index is 985. The van der Waals surface area contributed by atoms with E-state index in [0.717, 1.165) is 17.9 Å². The number of methoxy groups -OCH3 is 1. The number of anilines is 1. The predicted octanol–water partition coefficient (Wildman–Crippen LogP) is 5.52. The topological polar surface area (TPSA) is 41.6 Å². The molecule has 0 saturated heterocycles. The van der Waals surface area contributed by atoms with Crippen LogP contribution in [0.15, 0.2) is 97.2 Å². The number of carbonyl (C=O) groups excluding carboxylic acids is 1. The van der Waals surface area contributed by atoms with Crippen LogP contribution in [-0.4, -0.2) is 24.5 Å². The lowest BCUT2D eigenvalue weighted by molar-refractivity contribution is 0.0807. The quantitative estimate of drug-likeness (QED) is 0.594. The standard InChI is InChI=1S/C26H26N2O2/c1-30-24-14-12-22(13-15-24)26(29)28-18-16-21(17-19-28)25(20-8-4-2-5-9-20)27-23-10-6-3-7-11-23/h2-16,18,21,25,27H,17,19H2,1H3. The van der Waals surface area contributed by atoms with Crippen molar-refractivity contribution in [2.24, 2.45) is 5.92 Å². The Morgan fingerprint density at radius 3 is 2.23 bits per heavy atom. The van der Waals surface area contributed by atoms with Crippen LogP contribution < -0.4 is 10.1 Å². The second-order valence-corrected chi connectivity index (χ2v) is 7.42. The van der Waals surface area contributed by atoms with E-state index < -0.39 is 0 Å². The van der Waals surface area contributed by atoms with E-state index in [0.29, 0.717) is 12.1 Å². The summed E-state index contributed by atoms with van der Waals surface area (Å²) in [5, 5.41) is 3.68. The van der Waals surface area contributed by atoms with Crippen LogP contribution in [0, 0.1) is 5.92 Å². The Morgan fingerprint density at radius 1 is 0.967 bits per heavy atom. The second-order valence-electron chi connectivity index (χ2n) is 7.42. The van der Waals surface area contributed by atoms with Gasteiger partial charge in [0, 0.05) is 29.9 Å². The van der Waals surface area contributed by atoms with Gasteiger partial charge in [0.25, 0.3) is 5.91 Å². The SMILES string of the molecule is COc1ccc(C(=O)N2C=CC(C(Nc3ccccc3)c3ccccc3)CC2)cc1. The van der Waals surface area contributed by atoms with Gasteiger partial charge in [-0.05, 0) is 48.4 Å². The van der Waals surface area contributed by atoms with Crippen molar-refractivity contribution in [3.05, 3.63) is 108 Å². The van der Waals surface area contributed by atoms with Crippen molar-refractivity contribution in [2.75, 3.05) is 19.0 Å². The number of carbonyl (C=O) groups is 1. The molecule has 2 unspecified atom stereocenters. The number of nitrogens with zero attached hydrogens (tertiary/aromatic N) is 1. The highest BCUT2D eigenvalue weighted by atomic mass is 16.5. The molecule has 0 spiro atoms. The van der Waals surface area contributed by atoms with Crippen molar-refractivity contribution >= 4 is 11.6 Å². The molecular formula is C26H26N2O2. The molecule has 4 rings (SSSR count). The zero-order valence-electron chi connectivity index (χ0n) is 17.1. The summed E-state index contributed by atoms with van der Waals surface area (Å²) < 4.78 is 5.18. The van der Waals surface area contributed by atoms with Crippen LogP contribution >= 0.6 is 0 Å². The van der Waals surface area contributed by atoms with Gasteiger partial charge in [0.05, 0.1) is 13.2 Å². The molecule has 1 aliphatic heterocycles. The van der Waals surface area contributed by atoms with Crippen molar-refractivity contribution in [1.29, 1.82) is 0 Å². The van der Waals surface area contributed by atoms with Gasteiger partial charge in [-0.1, -0.05) is 54.6 Å². The third-order valence-corrected chi connectivity index (χ3v) is 5.50. The largest absolute Gasteiger partial charge is 0.497 e. The van der Waals surface area contributed by atoms with E-state index in [9.17, 15) is 4.79 Å². The average molecular weight is 399 g/mol. The molecule has 1 N–H and O–H groups in total. The molecule has 0 fully saturated rings. The lowest BCUT2D eigenvalue weighted by Gasteiger charge is -2.33. The molecule has 2 atom stereocenters. The molecule has 4 heteroatoms. The van der Waals surface area contributed by atoms with Crippen molar-refractivity contribution < 1.29 is 9.53 Å². The van der Waals surface area contributed by atoms with Crippen molar-refractivity contribution in [3.63, 3.8) is 0 Å². The predicted molar refractivity (Wildman–Crippen MR) is 121 cm³/mol. The highest BCUT2D eigenvalue weighted by Crippen LogP contribution is 2.32. The van der Waals surface area contributed by atoms with E-state index in [1.54, 1.807) is 12.0 Å². The Hall–Kier alpha value is -3.53. The lowest BCUT2D eigenvalue weighted by atomic mass is 9.88. The summed E-state index contributed by atoms with van der Waals surface area (Å²) in [6.45, 7) is 0.686. The fourth-order valence-electron chi connectivity index (χ4n) is 3.83. The maximum atomic E-state index is 12.9. The van der Waals surface area contributed by atoms with Crippen molar-refractivity contribution in [2.45, 2.75) is 12.5 Å². The first-order valence-corrected chi connectivity index (χ1v) is 10.2. The van der Waals surface area contributed by atoms with Gasteiger partial charge in [-0.25, -0.2) is 0 Å². The van der Waals surface area contributed by atoms with Gasteiger partial charge < -0.3 is 15.0 Å². The van der Waals surface area contributed by atoms with Crippen molar-refractivity contribution in [1.82, 2.24) is 4.90 Å². The average Bonchev–Trinajstić information content (AvgIpc) is 2.83. The van der Waals surface area contributed by atoms with Gasteiger partial charge in [-0.3, -0.25) is 4.79 Å². The third kappa shape index (κ3) is 4.54. The van der Waals surface area contributed by atoms with Gasteiger partial charge in [-0.2, -0.15) is 0 Å². The molecular weight excluding hydrogens is 372 g/mol. The molecule has 0 aliphatic carbocycles. The van der Waals surface area contributed by atoms with E-state index >= 15 is 0 Å². The number of benzene rings is 3. The normalized spacial score (nSPS) is 16.7. The van der Waals surface area contributed by atoms with Gasteiger partial charge in [-0.15, -0.1) is 0 Å². The molecule has 0 saturated carbocycles. The highest BCUT2D eigenvalue weighted by Gasteiger charge is 2.26. The molecule has 30 heavy (non-hydrogen) atoms. The number of para-hydroxylation sites is 1. The van der Waals surface area contributed by atoms with Gasteiger partial charge in [0.15, 0.2) is 0 Å².